The zero-order chi connectivity index (χ0) is 17.4. The summed E-state index contributed by atoms with van der Waals surface area (Å²) in [6.45, 7) is 2.85. The van der Waals surface area contributed by atoms with Gasteiger partial charge in [0.05, 0.1) is 6.04 Å². The lowest BCUT2D eigenvalue weighted by atomic mass is 10.0. The van der Waals surface area contributed by atoms with Crippen LogP contribution < -0.4 is 20.3 Å². The Hall–Kier alpha value is -2.76. The van der Waals surface area contributed by atoms with Crippen LogP contribution in [-0.4, -0.2) is 24.1 Å². The normalized spacial score (nSPS) is 17.0. The van der Waals surface area contributed by atoms with Crippen LogP contribution in [0.4, 0.5) is 0 Å². The number of nitrogens with one attached hydrogen (secondary N) is 2. The van der Waals surface area contributed by atoms with Gasteiger partial charge in [-0.3, -0.25) is 9.59 Å². The van der Waals surface area contributed by atoms with Crippen molar-refractivity contribution in [2.24, 2.45) is 5.92 Å². The number of aromatic amines is 1. The quantitative estimate of drug-likeness (QED) is 0.895. The summed E-state index contributed by atoms with van der Waals surface area (Å²) in [4.78, 5) is 27.3. The van der Waals surface area contributed by atoms with Gasteiger partial charge in [0.25, 0.3) is 11.5 Å². The van der Waals surface area contributed by atoms with Crippen molar-refractivity contribution in [2.45, 2.75) is 25.8 Å². The molecule has 1 saturated carbocycles. The lowest BCUT2D eigenvalue weighted by Crippen LogP contribution is -2.34. The predicted molar refractivity (Wildman–Crippen MR) is 92.2 cm³/mol. The van der Waals surface area contributed by atoms with Crippen LogP contribution in [0.1, 0.15) is 40.5 Å². The number of H-pyrrole nitrogens is 1. The standard InChI is InChI=1S/C19H20N2O4/c1-11-2-6-14(18(22)20-11)19(23)21-17(12-3-4-12)13-5-7-15-16(10-13)25-9-8-24-15/h2,5-7,10,12,17H,3-4,8-9H2,1H3,(H,20,22)(H,21,23). The minimum atomic E-state index is -0.366. The maximum Gasteiger partial charge on any atom is 0.260 e. The summed E-state index contributed by atoms with van der Waals surface area (Å²) in [6, 6.07) is 8.92. The number of carbonyl (C=O) groups excluding carboxylic acids is 1. The Morgan fingerprint density at radius 3 is 2.64 bits per heavy atom. The molecule has 2 N–H and O–H groups in total. The zero-order valence-corrected chi connectivity index (χ0v) is 14.0. The lowest BCUT2D eigenvalue weighted by molar-refractivity contribution is 0.0930. The maximum atomic E-state index is 12.6. The molecule has 6 heteroatoms. The number of aryl methyl sites for hydroxylation is 1. The summed E-state index contributed by atoms with van der Waals surface area (Å²) < 4.78 is 11.2. The molecule has 0 spiro atoms. The molecule has 1 aromatic heterocycles. The number of aromatic nitrogens is 1. The van der Waals surface area contributed by atoms with Gasteiger partial charge in [0, 0.05) is 5.69 Å². The molecule has 1 unspecified atom stereocenters. The molecular weight excluding hydrogens is 320 g/mol. The van der Waals surface area contributed by atoms with Crippen molar-refractivity contribution < 1.29 is 14.3 Å². The van der Waals surface area contributed by atoms with Crippen molar-refractivity contribution >= 4 is 5.91 Å². The number of carbonyl (C=O) groups is 1. The monoisotopic (exact) mass is 340 g/mol. The molecule has 1 atom stereocenters. The maximum absolute atomic E-state index is 12.6. The van der Waals surface area contributed by atoms with Gasteiger partial charge in [-0.05, 0) is 55.5 Å². The van der Waals surface area contributed by atoms with E-state index in [1.165, 1.54) is 0 Å². The topological polar surface area (TPSA) is 80.4 Å². The van der Waals surface area contributed by atoms with E-state index in [0.29, 0.717) is 24.9 Å². The molecular formula is C19H20N2O4. The largest absolute Gasteiger partial charge is 0.486 e. The first-order valence-corrected chi connectivity index (χ1v) is 8.52. The Labute approximate surface area is 145 Å². The molecule has 2 heterocycles. The fourth-order valence-electron chi connectivity index (χ4n) is 3.13. The van der Waals surface area contributed by atoms with E-state index in [1.807, 2.05) is 18.2 Å². The summed E-state index contributed by atoms with van der Waals surface area (Å²) in [5, 5.41) is 3.02. The fraction of sp³-hybridized carbons (Fsp3) is 0.368. The van der Waals surface area contributed by atoms with Gasteiger partial charge in [0.1, 0.15) is 18.8 Å². The molecule has 2 aromatic rings. The zero-order valence-electron chi connectivity index (χ0n) is 14.0. The van der Waals surface area contributed by atoms with Crippen LogP contribution in [0.15, 0.2) is 35.1 Å². The predicted octanol–water partition coefficient (Wildman–Crippen LogP) is 2.34. The van der Waals surface area contributed by atoms with Crippen LogP contribution in [-0.2, 0) is 0 Å². The van der Waals surface area contributed by atoms with E-state index in [2.05, 4.69) is 10.3 Å². The van der Waals surface area contributed by atoms with E-state index in [-0.39, 0.29) is 23.1 Å². The number of rotatable bonds is 4. The average molecular weight is 340 g/mol. The van der Waals surface area contributed by atoms with Crippen LogP contribution in [0.25, 0.3) is 0 Å². The second-order valence-corrected chi connectivity index (χ2v) is 6.58. The number of ether oxygens (including phenoxy) is 2. The SMILES string of the molecule is Cc1ccc(C(=O)NC(c2ccc3c(c2)OCCO3)C2CC2)c(=O)[nH]1. The van der Waals surface area contributed by atoms with Crippen molar-refractivity contribution in [1.82, 2.24) is 10.3 Å². The van der Waals surface area contributed by atoms with E-state index in [0.717, 1.165) is 29.8 Å². The lowest BCUT2D eigenvalue weighted by Gasteiger charge is -2.23. The van der Waals surface area contributed by atoms with Gasteiger partial charge in [-0.2, -0.15) is 0 Å². The Balaban J connectivity index is 1.60. The summed E-state index contributed by atoms with van der Waals surface area (Å²) in [5.41, 5.74) is 1.47. The minimum absolute atomic E-state index is 0.133. The van der Waals surface area contributed by atoms with Gasteiger partial charge in [0.2, 0.25) is 0 Å². The second-order valence-electron chi connectivity index (χ2n) is 6.58. The number of hydrogen-bond acceptors (Lipinski definition) is 4. The van der Waals surface area contributed by atoms with Crippen molar-refractivity contribution in [3.63, 3.8) is 0 Å². The van der Waals surface area contributed by atoms with Crippen molar-refractivity contribution in [1.29, 1.82) is 0 Å². The summed E-state index contributed by atoms with van der Waals surface area (Å²) in [7, 11) is 0. The van der Waals surface area contributed by atoms with Gasteiger partial charge < -0.3 is 19.8 Å². The summed E-state index contributed by atoms with van der Waals surface area (Å²) in [5.74, 6) is 1.46. The number of pyridine rings is 1. The molecule has 1 amide bonds. The summed E-state index contributed by atoms with van der Waals surface area (Å²) in [6.07, 6.45) is 2.12. The van der Waals surface area contributed by atoms with Crippen LogP contribution >= 0.6 is 0 Å². The van der Waals surface area contributed by atoms with Crippen LogP contribution in [0.5, 0.6) is 11.5 Å². The fourth-order valence-corrected chi connectivity index (χ4v) is 3.13. The minimum Gasteiger partial charge on any atom is -0.486 e. The van der Waals surface area contributed by atoms with Crippen LogP contribution in [0.2, 0.25) is 0 Å². The van der Waals surface area contributed by atoms with Crippen LogP contribution in [0, 0.1) is 12.8 Å². The third-order valence-corrected chi connectivity index (χ3v) is 4.61. The van der Waals surface area contributed by atoms with Gasteiger partial charge in [0.15, 0.2) is 11.5 Å². The molecule has 1 aliphatic heterocycles. The van der Waals surface area contributed by atoms with Gasteiger partial charge in [-0.1, -0.05) is 6.07 Å². The molecule has 1 aliphatic carbocycles. The number of hydrogen-bond donors (Lipinski definition) is 2. The Kier molecular flexibility index (Phi) is 3.95. The second kappa shape index (κ2) is 6.27. The first kappa shape index (κ1) is 15.7. The molecule has 6 nitrogen and oxygen atoms in total. The average Bonchev–Trinajstić information content (AvgIpc) is 3.44. The number of fused-ring (bicyclic) bond motifs is 1. The van der Waals surface area contributed by atoms with Gasteiger partial charge in [-0.15, -0.1) is 0 Å². The molecule has 4 rings (SSSR count). The molecule has 130 valence electrons. The Bertz CT molecular complexity index is 870. The third kappa shape index (κ3) is 3.24. The first-order chi connectivity index (χ1) is 12.1. The van der Waals surface area contributed by atoms with Crippen molar-refractivity contribution in [3.8, 4) is 11.5 Å². The van der Waals surface area contributed by atoms with Crippen LogP contribution in [0.3, 0.4) is 0 Å². The highest BCUT2D eigenvalue weighted by molar-refractivity contribution is 5.94. The van der Waals surface area contributed by atoms with E-state index in [4.69, 9.17) is 9.47 Å². The van der Waals surface area contributed by atoms with Crippen molar-refractivity contribution in [3.05, 3.63) is 57.5 Å². The van der Waals surface area contributed by atoms with E-state index >= 15 is 0 Å². The smallest absolute Gasteiger partial charge is 0.260 e. The highest BCUT2D eigenvalue weighted by Gasteiger charge is 2.34. The first-order valence-electron chi connectivity index (χ1n) is 8.52. The van der Waals surface area contributed by atoms with E-state index < -0.39 is 0 Å². The molecule has 1 fully saturated rings. The molecule has 0 bridgehead atoms. The molecule has 1 aromatic carbocycles. The molecule has 2 aliphatic rings. The van der Waals surface area contributed by atoms with Crippen molar-refractivity contribution in [2.75, 3.05) is 13.2 Å². The van der Waals surface area contributed by atoms with E-state index in [1.54, 1.807) is 19.1 Å². The molecule has 0 radical (unpaired) electrons. The Morgan fingerprint density at radius 2 is 1.92 bits per heavy atom. The Morgan fingerprint density at radius 1 is 1.16 bits per heavy atom. The highest BCUT2D eigenvalue weighted by atomic mass is 16.6. The van der Waals surface area contributed by atoms with Gasteiger partial charge >= 0.3 is 0 Å². The van der Waals surface area contributed by atoms with E-state index in [9.17, 15) is 9.59 Å². The highest BCUT2D eigenvalue weighted by Crippen LogP contribution is 2.43. The number of amides is 1. The molecule has 25 heavy (non-hydrogen) atoms. The molecule has 0 saturated heterocycles. The van der Waals surface area contributed by atoms with Gasteiger partial charge in [-0.25, -0.2) is 0 Å². The third-order valence-electron chi connectivity index (χ3n) is 4.61. The summed E-state index contributed by atoms with van der Waals surface area (Å²) >= 11 is 0. The number of benzene rings is 1.